The molecular formula is C7H9BrFNO. The van der Waals surface area contributed by atoms with E-state index in [0.717, 1.165) is 0 Å². The Morgan fingerprint density at radius 3 is 2.91 bits per heavy atom. The molecule has 0 aromatic rings. The highest BCUT2D eigenvalue weighted by Gasteiger charge is 2.07. The maximum Gasteiger partial charge on any atom is 0.167 e. The Balaban J connectivity index is 2.27. The van der Waals surface area contributed by atoms with Gasteiger partial charge in [0.05, 0.1) is 11.4 Å². The number of hydrogen-bond acceptors (Lipinski definition) is 2. The summed E-state index contributed by atoms with van der Waals surface area (Å²) in [6.07, 6.45) is 5.15. The Labute approximate surface area is 73.3 Å². The first-order chi connectivity index (χ1) is 5.33. The summed E-state index contributed by atoms with van der Waals surface area (Å²) in [6, 6.07) is 0. The predicted octanol–water partition coefficient (Wildman–Crippen LogP) is 1.70. The van der Waals surface area contributed by atoms with Gasteiger partial charge in [0.25, 0.3) is 0 Å². The molecule has 2 unspecified atom stereocenters. The predicted molar refractivity (Wildman–Crippen MR) is 46.1 cm³/mol. The van der Waals surface area contributed by atoms with Crippen molar-refractivity contribution < 1.29 is 9.13 Å². The third-order valence-corrected chi connectivity index (χ3v) is 1.74. The standard InChI is InChI=1S/C7H9BrFNO/c8-6-1-2-7(10-5-6)11-4-3-9/h1-2,5-7H,3-4H2. The van der Waals surface area contributed by atoms with Crippen LogP contribution >= 0.6 is 15.9 Å². The number of nitrogens with zero attached hydrogens (tertiary/aromatic N) is 1. The summed E-state index contributed by atoms with van der Waals surface area (Å²) in [7, 11) is 0. The van der Waals surface area contributed by atoms with Crippen LogP contribution in [0.4, 0.5) is 4.39 Å². The summed E-state index contributed by atoms with van der Waals surface area (Å²) in [6.45, 7) is -0.350. The highest BCUT2D eigenvalue weighted by Crippen LogP contribution is 2.08. The van der Waals surface area contributed by atoms with Gasteiger partial charge < -0.3 is 4.74 Å². The zero-order chi connectivity index (χ0) is 8.10. The molecule has 0 aromatic heterocycles. The van der Waals surface area contributed by atoms with Crippen molar-refractivity contribution in [1.29, 1.82) is 0 Å². The molecule has 0 radical (unpaired) electrons. The summed E-state index contributed by atoms with van der Waals surface area (Å²) in [4.78, 5) is 4.19. The average molecular weight is 222 g/mol. The summed E-state index contributed by atoms with van der Waals surface area (Å²) in [5.74, 6) is 0. The van der Waals surface area contributed by atoms with Crippen molar-refractivity contribution in [2.75, 3.05) is 13.3 Å². The van der Waals surface area contributed by atoms with Gasteiger partial charge in [-0.2, -0.15) is 0 Å². The molecule has 1 aliphatic heterocycles. The molecule has 0 saturated carbocycles. The van der Waals surface area contributed by atoms with Crippen molar-refractivity contribution in [2.24, 2.45) is 4.99 Å². The van der Waals surface area contributed by atoms with Gasteiger partial charge in [0, 0.05) is 6.21 Å². The molecule has 0 N–H and O–H groups in total. The second-order valence-corrected chi connectivity index (χ2v) is 3.14. The van der Waals surface area contributed by atoms with Crippen LogP contribution in [0, 0.1) is 0 Å². The molecule has 2 nitrogen and oxygen atoms in total. The van der Waals surface area contributed by atoms with E-state index in [1.165, 1.54) is 0 Å². The Morgan fingerprint density at radius 2 is 2.36 bits per heavy atom. The SMILES string of the molecule is FCCOC1C=CC(Br)C=N1. The maximum atomic E-state index is 11.6. The van der Waals surface area contributed by atoms with E-state index in [9.17, 15) is 4.39 Å². The lowest BCUT2D eigenvalue weighted by Crippen LogP contribution is -2.14. The number of halogens is 2. The fraction of sp³-hybridized carbons (Fsp3) is 0.571. The van der Waals surface area contributed by atoms with Crippen LogP contribution in [0.3, 0.4) is 0 Å². The number of ether oxygens (including phenoxy) is 1. The van der Waals surface area contributed by atoms with E-state index in [1.54, 1.807) is 12.3 Å². The molecule has 0 aliphatic carbocycles. The van der Waals surface area contributed by atoms with Crippen LogP contribution in [0.2, 0.25) is 0 Å². The minimum atomic E-state index is -0.461. The van der Waals surface area contributed by atoms with E-state index in [2.05, 4.69) is 20.9 Å². The van der Waals surface area contributed by atoms with E-state index in [0.29, 0.717) is 0 Å². The van der Waals surface area contributed by atoms with Crippen molar-refractivity contribution in [3.63, 3.8) is 0 Å². The quantitative estimate of drug-likeness (QED) is 0.526. The monoisotopic (exact) mass is 221 g/mol. The van der Waals surface area contributed by atoms with E-state index in [-0.39, 0.29) is 17.7 Å². The largest absolute Gasteiger partial charge is 0.350 e. The molecule has 62 valence electrons. The van der Waals surface area contributed by atoms with E-state index >= 15 is 0 Å². The fourth-order valence-electron chi connectivity index (χ4n) is 0.732. The van der Waals surface area contributed by atoms with Crippen molar-refractivity contribution in [2.45, 2.75) is 11.1 Å². The molecule has 0 bridgehead atoms. The van der Waals surface area contributed by atoms with Gasteiger partial charge in [-0.3, -0.25) is 4.99 Å². The van der Waals surface area contributed by atoms with Crippen LogP contribution in [0.15, 0.2) is 17.1 Å². The third kappa shape index (κ3) is 3.12. The summed E-state index contributed by atoms with van der Waals surface area (Å²) >= 11 is 3.32. The van der Waals surface area contributed by atoms with Crippen LogP contribution in [-0.4, -0.2) is 30.6 Å². The molecule has 0 fully saturated rings. The molecule has 4 heteroatoms. The Kier molecular flexibility index (Phi) is 3.72. The van der Waals surface area contributed by atoms with Gasteiger partial charge in [0.1, 0.15) is 6.67 Å². The van der Waals surface area contributed by atoms with Crippen molar-refractivity contribution >= 4 is 22.1 Å². The zero-order valence-corrected chi connectivity index (χ0v) is 7.50. The van der Waals surface area contributed by atoms with E-state index in [1.807, 2.05) is 6.08 Å². The molecule has 2 atom stereocenters. The first kappa shape index (κ1) is 8.87. The van der Waals surface area contributed by atoms with Crippen molar-refractivity contribution in [1.82, 2.24) is 0 Å². The minimum Gasteiger partial charge on any atom is -0.350 e. The van der Waals surface area contributed by atoms with Gasteiger partial charge in [0.2, 0.25) is 0 Å². The lowest BCUT2D eigenvalue weighted by atomic mass is 10.3. The van der Waals surface area contributed by atoms with Crippen LogP contribution in [0.25, 0.3) is 0 Å². The van der Waals surface area contributed by atoms with Gasteiger partial charge in [-0.15, -0.1) is 0 Å². The minimum absolute atomic E-state index is 0.110. The average Bonchev–Trinajstić information content (AvgIpc) is 2.04. The lowest BCUT2D eigenvalue weighted by molar-refractivity contribution is 0.0792. The number of aliphatic imine (C=N–C) groups is 1. The second kappa shape index (κ2) is 4.62. The number of dihydropyridines is 1. The normalized spacial score (nSPS) is 29.3. The molecule has 0 saturated heterocycles. The third-order valence-electron chi connectivity index (χ3n) is 1.20. The molecule has 0 amide bonds. The van der Waals surface area contributed by atoms with Gasteiger partial charge in [-0.25, -0.2) is 4.39 Å². The first-order valence-electron chi connectivity index (χ1n) is 3.36. The number of alkyl halides is 2. The zero-order valence-electron chi connectivity index (χ0n) is 5.91. The molecule has 1 rings (SSSR count). The molecule has 0 spiro atoms. The highest BCUT2D eigenvalue weighted by atomic mass is 79.9. The molecular weight excluding hydrogens is 213 g/mol. The van der Waals surface area contributed by atoms with E-state index in [4.69, 9.17) is 4.74 Å². The smallest absolute Gasteiger partial charge is 0.167 e. The Hall–Kier alpha value is -0.220. The van der Waals surface area contributed by atoms with Crippen LogP contribution < -0.4 is 0 Å². The maximum absolute atomic E-state index is 11.6. The van der Waals surface area contributed by atoms with Crippen LogP contribution in [0.5, 0.6) is 0 Å². The number of allylic oxidation sites excluding steroid dienone is 1. The number of rotatable bonds is 3. The molecule has 1 aliphatic rings. The molecule has 1 heterocycles. The highest BCUT2D eigenvalue weighted by molar-refractivity contribution is 9.10. The van der Waals surface area contributed by atoms with Gasteiger partial charge in [0.15, 0.2) is 6.23 Å². The van der Waals surface area contributed by atoms with Crippen molar-refractivity contribution in [3.05, 3.63) is 12.2 Å². The van der Waals surface area contributed by atoms with Crippen LogP contribution in [-0.2, 0) is 4.74 Å². The second-order valence-electron chi connectivity index (χ2n) is 2.08. The van der Waals surface area contributed by atoms with Crippen molar-refractivity contribution in [3.8, 4) is 0 Å². The summed E-state index contributed by atoms with van der Waals surface area (Å²) in [5, 5.41) is 0. The van der Waals surface area contributed by atoms with Gasteiger partial charge in [-0.05, 0) is 6.08 Å². The van der Waals surface area contributed by atoms with Gasteiger partial charge >= 0.3 is 0 Å². The fourth-order valence-corrected chi connectivity index (χ4v) is 1.04. The number of hydrogen-bond donors (Lipinski definition) is 0. The summed E-state index contributed by atoms with van der Waals surface area (Å²) in [5.41, 5.74) is 0. The Morgan fingerprint density at radius 1 is 1.55 bits per heavy atom. The topological polar surface area (TPSA) is 21.6 Å². The first-order valence-corrected chi connectivity index (χ1v) is 4.28. The molecule has 0 aromatic carbocycles. The van der Waals surface area contributed by atoms with Crippen LogP contribution in [0.1, 0.15) is 0 Å². The van der Waals surface area contributed by atoms with Gasteiger partial charge in [-0.1, -0.05) is 22.0 Å². The lowest BCUT2D eigenvalue weighted by Gasteiger charge is -2.12. The molecule has 11 heavy (non-hydrogen) atoms. The summed E-state index contributed by atoms with van der Waals surface area (Å²) < 4.78 is 16.6. The Bertz CT molecular complexity index is 158. The van der Waals surface area contributed by atoms with E-state index < -0.39 is 6.67 Å².